The van der Waals surface area contributed by atoms with Gasteiger partial charge >= 0.3 is 7.82 Å². The first-order chi connectivity index (χ1) is 11.3. The lowest BCUT2D eigenvalue weighted by atomic mass is 9.98. The Kier molecular flexibility index (Phi) is 9.51. The number of carbonyl (C=O) groups excluding carboxylic acids is 1. The second-order valence-electron chi connectivity index (χ2n) is 5.42. The first-order valence-electron chi connectivity index (χ1n) is 7.68. The minimum atomic E-state index is -4.39. The lowest BCUT2D eigenvalue weighted by Gasteiger charge is -2.22. The van der Waals surface area contributed by atoms with Crippen LogP contribution >= 0.6 is 19.4 Å². The Bertz CT molecular complexity index is 532. The maximum Gasteiger partial charge on any atom is 0.524 e. The molecule has 1 aromatic carbocycles. The molecule has 1 saturated carbocycles. The number of phosphoric ester groups is 1. The number of hydrogen-bond donors (Lipinski definition) is 3. The zero-order valence-corrected chi connectivity index (χ0v) is 15.1. The summed E-state index contributed by atoms with van der Waals surface area (Å²) in [6, 6.07) is 7.52. The molecule has 0 saturated heterocycles. The zero-order valence-electron chi connectivity index (χ0n) is 13.4. The molecule has 3 N–H and O–H groups in total. The second-order valence-corrected chi connectivity index (χ2v) is 6.95. The summed E-state index contributed by atoms with van der Waals surface area (Å²) in [7, 11) is -4.39. The van der Waals surface area contributed by atoms with Gasteiger partial charge in [-0.3, -0.25) is 19.4 Å². The molecule has 9 heteroatoms. The standard InChI is InChI=1S/C9H16ClNO2.C6H7O4P/c1-7(9(10)12)11-13-8-5-3-2-4-6-8;7-11(8,9)10-6-4-2-1-3-5-6/h7-8,11H,2-6H2,1H3;1-5H,(H2,7,8,9). The fourth-order valence-electron chi connectivity index (χ4n) is 2.05. The smallest absolute Gasteiger partial charge is 0.404 e. The number of benzene rings is 1. The number of halogens is 1. The zero-order chi connectivity index (χ0) is 18.0. The molecule has 1 atom stereocenters. The van der Waals surface area contributed by atoms with Crippen molar-refractivity contribution in [2.45, 2.75) is 51.2 Å². The highest BCUT2D eigenvalue weighted by atomic mass is 35.5. The van der Waals surface area contributed by atoms with Gasteiger partial charge in [-0.1, -0.05) is 37.5 Å². The van der Waals surface area contributed by atoms with Gasteiger partial charge in [0.05, 0.1) is 6.10 Å². The number of phosphoric acid groups is 1. The van der Waals surface area contributed by atoms with Crippen LogP contribution in [0.25, 0.3) is 0 Å². The van der Waals surface area contributed by atoms with E-state index in [0.717, 1.165) is 12.8 Å². The van der Waals surface area contributed by atoms with Crippen molar-refractivity contribution >= 4 is 24.7 Å². The van der Waals surface area contributed by atoms with E-state index in [0.29, 0.717) is 0 Å². The molecular weight excluding hydrogens is 357 g/mol. The van der Waals surface area contributed by atoms with Crippen molar-refractivity contribution < 1.29 is 28.5 Å². The topological polar surface area (TPSA) is 105 Å². The number of rotatable bonds is 6. The maximum atomic E-state index is 10.6. The molecule has 1 aliphatic carbocycles. The van der Waals surface area contributed by atoms with Crippen LogP contribution in [0.2, 0.25) is 0 Å². The van der Waals surface area contributed by atoms with Crippen LogP contribution in [0.15, 0.2) is 30.3 Å². The fraction of sp³-hybridized carbons (Fsp3) is 0.533. The van der Waals surface area contributed by atoms with Crippen molar-refractivity contribution in [1.29, 1.82) is 0 Å². The van der Waals surface area contributed by atoms with E-state index < -0.39 is 19.1 Å². The first-order valence-corrected chi connectivity index (χ1v) is 9.59. The lowest BCUT2D eigenvalue weighted by molar-refractivity contribution is -0.120. The van der Waals surface area contributed by atoms with Gasteiger partial charge in [-0.05, 0) is 43.5 Å². The van der Waals surface area contributed by atoms with Gasteiger partial charge in [0.15, 0.2) is 0 Å². The third-order valence-corrected chi connectivity index (χ3v) is 4.05. The van der Waals surface area contributed by atoms with Crippen LogP contribution in [0, 0.1) is 0 Å². The molecule has 7 nitrogen and oxygen atoms in total. The summed E-state index contributed by atoms with van der Waals surface area (Å²) < 4.78 is 14.5. The number of hydroxylamine groups is 1. The van der Waals surface area contributed by atoms with Crippen LogP contribution in [0.1, 0.15) is 39.0 Å². The highest BCUT2D eigenvalue weighted by Gasteiger charge is 2.17. The van der Waals surface area contributed by atoms with Crippen LogP contribution in [-0.2, 0) is 14.2 Å². The van der Waals surface area contributed by atoms with Crippen LogP contribution in [0.3, 0.4) is 0 Å². The quantitative estimate of drug-likeness (QED) is 0.396. The Morgan fingerprint density at radius 2 is 1.83 bits per heavy atom. The molecule has 136 valence electrons. The van der Waals surface area contributed by atoms with E-state index in [1.54, 1.807) is 25.1 Å². The highest BCUT2D eigenvalue weighted by Crippen LogP contribution is 2.36. The van der Waals surface area contributed by atoms with E-state index in [-0.39, 0.29) is 11.9 Å². The molecule has 1 unspecified atom stereocenters. The van der Waals surface area contributed by atoms with Crippen LogP contribution in [0.5, 0.6) is 5.75 Å². The third kappa shape index (κ3) is 10.0. The van der Waals surface area contributed by atoms with Gasteiger partial charge in [0.2, 0.25) is 5.24 Å². The molecule has 0 amide bonds. The van der Waals surface area contributed by atoms with Crippen molar-refractivity contribution in [3.63, 3.8) is 0 Å². The predicted octanol–water partition coefficient (Wildman–Crippen LogP) is 3.15. The van der Waals surface area contributed by atoms with Gasteiger partial charge < -0.3 is 4.52 Å². The van der Waals surface area contributed by atoms with E-state index in [1.807, 2.05) is 0 Å². The molecule has 0 bridgehead atoms. The van der Waals surface area contributed by atoms with Gasteiger partial charge in [-0.2, -0.15) is 5.48 Å². The lowest BCUT2D eigenvalue weighted by Crippen LogP contribution is -2.35. The monoisotopic (exact) mass is 379 g/mol. The highest BCUT2D eigenvalue weighted by molar-refractivity contribution is 7.46. The average Bonchev–Trinajstić information content (AvgIpc) is 2.53. The average molecular weight is 380 g/mol. The van der Waals surface area contributed by atoms with Crippen LogP contribution in [-0.4, -0.2) is 27.2 Å². The molecule has 24 heavy (non-hydrogen) atoms. The Morgan fingerprint density at radius 1 is 1.25 bits per heavy atom. The number of para-hydroxylation sites is 1. The maximum absolute atomic E-state index is 10.6. The largest absolute Gasteiger partial charge is 0.524 e. The number of hydrogen-bond acceptors (Lipinski definition) is 5. The second kappa shape index (κ2) is 10.8. The molecule has 1 aliphatic rings. The van der Waals surface area contributed by atoms with Crippen LogP contribution in [0.4, 0.5) is 0 Å². The predicted molar refractivity (Wildman–Crippen MR) is 90.5 cm³/mol. The molecule has 0 aliphatic heterocycles. The first kappa shape index (κ1) is 21.1. The molecule has 0 radical (unpaired) electrons. The Labute approximate surface area is 146 Å². The van der Waals surface area contributed by atoms with Crippen molar-refractivity contribution in [1.82, 2.24) is 5.48 Å². The molecular formula is C15H23ClNO6P. The number of nitrogens with one attached hydrogen (secondary N) is 1. The van der Waals surface area contributed by atoms with Gasteiger partial charge in [-0.25, -0.2) is 4.57 Å². The Hall–Kier alpha value is -0.950. The Balaban J connectivity index is 0.000000243. The number of carbonyl (C=O) groups is 1. The van der Waals surface area contributed by atoms with Gasteiger partial charge in [0.1, 0.15) is 11.8 Å². The van der Waals surface area contributed by atoms with Crippen molar-refractivity contribution in [2.75, 3.05) is 0 Å². The minimum Gasteiger partial charge on any atom is -0.404 e. The minimum absolute atomic E-state index is 0.167. The molecule has 0 heterocycles. The van der Waals surface area contributed by atoms with E-state index in [4.69, 9.17) is 26.2 Å². The SMILES string of the molecule is CC(NOC1CCCCC1)C(=O)Cl.O=P(O)(O)Oc1ccccc1. The van der Waals surface area contributed by atoms with E-state index >= 15 is 0 Å². The van der Waals surface area contributed by atoms with Gasteiger partial charge in [0.25, 0.3) is 0 Å². The summed E-state index contributed by atoms with van der Waals surface area (Å²) in [6.45, 7) is 1.69. The van der Waals surface area contributed by atoms with Gasteiger partial charge in [-0.15, -0.1) is 0 Å². The molecule has 1 aromatic rings. The summed E-state index contributed by atoms with van der Waals surface area (Å²) in [5.74, 6) is 0.167. The third-order valence-electron chi connectivity index (χ3n) is 3.27. The molecule has 2 rings (SSSR count). The summed E-state index contributed by atoms with van der Waals surface area (Å²) in [5, 5.41) is -0.407. The molecule has 0 spiro atoms. The summed E-state index contributed by atoms with van der Waals surface area (Å²) >= 11 is 5.26. The van der Waals surface area contributed by atoms with Crippen molar-refractivity contribution in [2.24, 2.45) is 0 Å². The Morgan fingerprint density at radius 3 is 2.33 bits per heavy atom. The summed E-state index contributed by atoms with van der Waals surface area (Å²) in [5.41, 5.74) is 2.67. The van der Waals surface area contributed by atoms with E-state index in [2.05, 4.69) is 10.0 Å². The van der Waals surface area contributed by atoms with Crippen molar-refractivity contribution in [3.05, 3.63) is 30.3 Å². The van der Waals surface area contributed by atoms with E-state index in [1.165, 1.54) is 31.4 Å². The summed E-state index contributed by atoms with van der Waals surface area (Å²) in [4.78, 5) is 32.7. The summed E-state index contributed by atoms with van der Waals surface area (Å²) in [6.07, 6.45) is 6.15. The molecule has 0 aromatic heterocycles. The fourth-order valence-corrected chi connectivity index (χ4v) is 2.49. The van der Waals surface area contributed by atoms with E-state index in [9.17, 15) is 9.36 Å². The van der Waals surface area contributed by atoms with Crippen LogP contribution < -0.4 is 10.0 Å². The normalized spacial score (nSPS) is 16.7. The van der Waals surface area contributed by atoms with Crippen molar-refractivity contribution in [3.8, 4) is 5.75 Å². The molecule has 1 fully saturated rings. The van der Waals surface area contributed by atoms with Gasteiger partial charge in [0, 0.05) is 0 Å².